The Morgan fingerprint density at radius 2 is 1.06 bits per heavy atom. The fourth-order valence-electron chi connectivity index (χ4n) is 4.17. The normalized spacial score (nSPS) is 14.3. The monoisotopic (exact) mass is 458 g/mol. The second-order valence-corrected chi connectivity index (χ2v) is 9.52. The highest BCUT2D eigenvalue weighted by Crippen LogP contribution is 2.22. The molecule has 0 saturated carbocycles. The Balaban J connectivity index is 4.21. The Bertz CT molecular complexity index is 402. The fraction of sp³-hybridized carbons (Fsp3) is 0.963. The van der Waals surface area contributed by atoms with Gasteiger partial charge in [0.15, 0.2) is 0 Å². The molecule has 0 rings (SSSR count). The van der Waals surface area contributed by atoms with Crippen molar-refractivity contribution in [2.75, 3.05) is 13.2 Å². The Labute approximate surface area is 198 Å². The summed E-state index contributed by atoms with van der Waals surface area (Å²) < 4.78 is 5.18. The van der Waals surface area contributed by atoms with E-state index in [4.69, 9.17) is 9.84 Å². The molecule has 0 aliphatic rings. The van der Waals surface area contributed by atoms with Crippen molar-refractivity contribution in [2.24, 2.45) is 5.92 Å². The molecule has 192 valence electrons. The Kier molecular flexibility index (Phi) is 23.0. The summed E-state index contributed by atoms with van der Waals surface area (Å²) in [6, 6.07) is 0. The second kappa shape index (κ2) is 23.5. The first kappa shape index (κ1) is 31.4. The summed E-state index contributed by atoms with van der Waals surface area (Å²) in [4.78, 5) is 12.5. The molecule has 32 heavy (non-hydrogen) atoms. The fourth-order valence-corrected chi connectivity index (χ4v) is 4.17. The lowest BCUT2D eigenvalue weighted by molar-refractivity contribution is -0.156. The summed E-state index contributed by atoms with van der Waals surface area (Å²) in [6.45, 7) is 3.81. The average Bonchev–Trinajstić information content (AvgIpc) is 2.80. The number of ether oxygens (including phenoxy) is 1. The van der Waals surface area contributed by atoms with Crippen LogP contribution in [0.25, 0.3) is 0 Å². The summed E-state index contributed by atoms with van der Waals surface area (Å²) in [5.74, 6) is -0.973. The third kappa shape index (κ3) is 18.9. The van der Waals surface area contributed by atoms with Gasteiger partial charge >= 0.3 is 5.97 Å². The van der Waals surface area contributed by atoms with Crippen LogP contribution < -0.4 is 0 Å². The number of carbonyl (C=O) groups excluding carboxylic acids is 1. The standard InChI is InChI=1S/C27H54O5/c1-3-5-7-9-11-13-15-17-19-21-26(30)25(27(31)32-23-24(29)22-28)20-18-16-14-12-10-8-6-4-2/h24-26,28-30H,3-23H2,1-2H3/t24-,25-,26+/m1/s1. The highest BCUT2D eigenvalue weighted by Gasteiger charge is 2.28. The molecule has 5 nitrogen and oxygen atoms in total. The zero-order valence-corrected chi connectivity index (χ0v) is 21.2. The van der Waals surface area contributed by atoms with Crippen molar-refractivity contribution < 1.29 is 24.9 Å². The van der Waals surface area contributed by atoms with Crippen LogP contribution in [0.2, 0.25) is 0 Å². The minimum Gasteiger partial charge on any atom is -0.463 e. The van der Waals surface area contributed by atoms with Gasteiger partial charge in [-0.25, -0.2) is 0 Å². The summed E-state index contributed by atoms with van der Waals surface area (Å²) >= 11 is 0. The van der Waals surface area contributed by atoms with Crippen molar-refractivity contribution >= 4 is 5.97 Å². The van der Waals surface area contributed by atoms with Crippen molar-refractivity contribution in [3.05, 3.63) is 0 Å². The van der Waals surface area contributed by atoms with Gasteiger partial charge in [0.2, 0.25) is 0 Å². The van der Waals surface area contributed by atoms with E-state index in [0.29, 0.717) is 12.8 Å². The minimum atomic E-state index is -1.06. The van der Waals surface area contributed by atoms with Gasteiger partial charge in [0.25, 0.3) is 0 Å². The lowest BCUT2D eigenvalue weighted by Crippen LogP contribution is -2.32. The Hall–Kier alpha value is -0.650. The first-order valence-corrected chi connectivity index (χ1v) is 13.7. The highest BCUT2D eigenvalue weighted by molar-refractivity contribution is 5.73. The number of unbranched alkanes of at least 4 members (excludes halogenated alkanes) is 15. The Morgan fingerprint density at radius 3 is 1.50 bits per heavy atom. The van der Waals surface area contributed by atoms with Crippen molar-refractivity contribution in [1.29, 1.82) is 0 Å². The van der Waals surface area contributed by atoms with Crippen LogP contribution in [0.1, 0.15) is 136 Å². The molecule has 0 aliphatic carbocycles. The van der Waals surface area contributed by atoms with E-state index in [9.17, 15) is 15.0 Å². The molecule has 0 heterocycles. The van der Waals surface area contributed by atoms with Crippen molar-refractivity contribution in [3.63, 3.8) is 0 Å². The highest BCUT2D eigenvalue weighted by atomic mass is 16.5. The summed E-state index contributed by atoms with van der Waals surface area (Å²) in [6.07, 6.45) is 20.0. The van der Waals surface area contributed by atoms with Gasteiger partial charge in [0.1, 0.15) is 12.7 Å². The zero-order valence-electron chi connectivity index (χ0n) is 21.2. The van der Waals surface area contributed by atoms with E-state index in [1.165, 1.54) is 83.5 Å². The van der Waals surface area contributed by atoms with Gasteiger partial charge in [-0.3, -0.25) is 4.79 Å². The number of esters is 1. The number of hydrogen-bond acceptors (Lipinski definition) is 5. The van der Waals surface area contributed by atoms with E-state index < -0.39 is 30.7 Å². The van der Waals surface area contributed by atoms with E-state index in [-0.39, 0.29) is 6.61 Å². The molecule has 0 spiro atoms. The first-order chi connectivity index (χ1) is 15.6. The number of aliphatic hydroxyl groups is 3. The van der Waals surface area contributed by atoms with Gasteiger partial charge in [-0.05, 0) is 12.8 Å². The van der Waals surface area contributed by atoms with E-state index in [0.717, 1.165) is 25.7 Å². The van der Waals surface area contributed by atoms with Crippen LogP contribution >= 0.6 is 0 Å². The Morgan fingerprint density at radius 1 is 0.656 bits per heavy atom. The predicted molar refractivity (Wildman–Crippen MR) is 133 cm³/mol. The summed E-state index contributed by atoms with van der Waals surface area (Å²) in [7, 11) is 0. The maximum atomic E-state index is 12.5. The number of hydrogen-bond donors (Lipinski definition) is 3. The lowest BCUT2D eigenvalue weighted by atomic mass is 9.91. The van der Waals surface area contributed by atoms with E-state index >= 15 is 0 Å². The lowest BCUT2D eigenvalue weighted by Gasteiger charge is -2.22. The summed E-state index contributed by atoms with van der Waals surface area (Å²) in [5.41, 5.74) is 0. The zero-order chi connectivity index (χ0) is 23.9. The molecule has 0 aromatic heterocycles. The molecule has 3 atom stereocenters. The molecular weight excluding hydrogens is 404 g/mol. The van der Waals surface area contributed by atoms with Gasteiger partial charge in [0.05, 0.1) is 18.6 Å². The number of carbonyl (C=O) groups is 1. The molecule has 0 bridgehead atoms. The van der Waals surface area contributed by atoms with Crippen LogP contribution in [0.5, 0.6) is 0 Å². The molecule has 0 amide bonds. The van der Waals surface area contributed by atoms with Crippen LogP contribution in [0.3, 0.4) is 0 Å². The van der Waals surface area contributed by atoms with Crippen molar-refractivity contribution in [2.45, 2.75) is 148 Å². The maximum absolute atomic E-state index is 12.5. The molecule has 0 fully saturated rings. The van der Waals surface area contributed by atoms with Crippen LogP contribution in [0, 0.1) is 5.92 Å². The quantitative estimate of drug-likeness (QED) is 0.116. The molecule has 0 saturated heterocycles. The number of aliphatic hydroxyl groups excluding tert-OH is 3. The van der Waals surface area contributed by atoms with Gasteiger partial charge in [-0.1, -0.05) is 123 Å². The molecule has 5 heteroatoms. The third-order valence-corrected chi connectivity index (χ3v) is 6.37. The smallest absolute Gasteiger partial charge is 0.311 e. The van der Waals surface area contributed by atoms with Crippen LogP contribution in [0.15, 0.2) is 0 Å². The topological polar surface area (TPSA) is 87.0 Å². The second-order valence-electron chi connectivity index (χ2n) is 9.52. The summed E-state index contributed by atoms with van der Waals surface area (Å²) in [5, 5.41) is 29.1. The SMILES string of the molecule is CCCCCCCCCCC[C@H](O)[C@@H](CCCCCCCCCC)C(=O)OC[C@H](O)CO. The van der Waals surface area contributed by atoms with E-state index in [2.05, 4.69) is 13.8 Å². The van der Waals surface area contributed by atoms with E-state index in [1.54, 1.807) is 0 Å². The van der Waals surface area contributed by atoms with Crippen molar-refractivity contribution in [3.8, 4) is 0 Å². The third-order valence-electron chi connectivity index (χ3n) is 6.37. The molecule has 0 aromatic carbocycles. The van der Waals surface area contributed by atoms with Gasteiger partial charge in [0, 0.05) is 0 Å². The maximum Gasteiger partial charge on any atom is 0.311 e. The average molecular weight is 459 g/mol. The largest absolute Gasteiger partial charge is 0.463 e. The van der Waals surface area contributed by atoms with Crippen molar-refractivity contribution in [1.82, 2.24) is 0 Å². The van der Waals surface area contributed by atoms with Crippen LogP contribution in [-0.4, -0.2) is 46.7 Å². The number of rotatable bonds is 24. The molecule has 0 aliphatic heterocycles. The van der Waals surface area contributed by atoms with Gasteiger partial charge in [-0.15, -0.1) is 0 Å². The molecule has 0 unspecified atom stereocenters. The first-order valence-electron chi connectivity index (χ1n) is 13.7. The molecule has 0 aromatic rings. The minimum absolute atomic E-state index is 0.214. The molecule has 3 N–H and O–H groups in total. The predicted octanol–water partition coefficient (Wildman–Crippen LogP) is 6.31. The molecule has 0 radical (unpaired) electrons. The van der Waals surface area contributed by atoms with Gasteiger partial charge in [-0.2, -0.15) is 0 Å². The van der Waals surface area contributed by atoms with Gasteiger partial charge < -0.3 is 20.1 Å². The molecular formula is C27H54O5. The van der Waals surface area contributed by atoms with Crippen LogP contribution in [-0.2, 0) is 9.53 Å². The van der Waals surface area contributed by atoms with Crippen LogP contribution in [0.4, 0.5) is 0 Å². The van der Waals surface area contributed by atoms with E-state index in [1.807, 2.05) is 0 Å².